The fourth-order valence-corrected chi connectivity index (χ4v) is 1.58. The molecule has 0 radical (unpaired) electrons. The number of rotatable bonds is 5. The van der Waals surface area contributed by atoms with Crippen molar-refractivity contribution in [1.82, 2.24) is 5.32 Å². The summed E-state index contributed by atoms with van der Waals surface area (Å²) in [5, 5.41) is 12.0. The third kappa shape index (κ3) is 3.43. The highest BCUT2D eigenvalue weighted by Crippen LogP contribution is 2.22. The molecule has 1 aromatic carbocycles. The molecule has 5 heteroatoms. The summed E-state index contributed by atoms with van der Waals surface area (Å²) in [6.45, 7) is 1.37. The number of carbonyl (C=O) groups excluding carboxylic acids is 1. The van der Waals surface area contributed by atoms with Gasteiger partial charge in [0.1, 0.15) is 11.6 Å². The highest BCUT2D eigenvalue weighted by molar-refractivity contribution is 5.78. The lowest BCUT2D eigenvalue weighted by atomic mass is 10.1. The van der Waals surface area contributed by atoms with Crippen LogP contribution in [0.1, 0.15) is 31.4 Å². The number of carbonyl (C=O) groups is 1. The van der Waals surface area contributed by atoms with Crippen LogP contribution in [0.2, 0.25) is 0 Å². The van der Waals surface area contributed by atoms with Gasteiger partial charge < -0.3 is 15.2 Å². The molecule has 1 saturated carbocycles. The largest absolute Gasteiger partial charge is 0.484 e. The van der Waals surface area contributed by atoms with Crippen LogP contribution in [0.4, 0.5) is 4.39 Å². The molecule has 1 aliphatic carbocycles. The molecule has 0 aliphatic heterocycles. The van der Waals surface area contributed by atoms with E-state index >= 15 is 0 Å². The topological polar surface area (TPSA) is 58.6 Å². The Hall–Kier alpha value is -1.62. The summed E-state index contributed by atoms with van der Waals surface area (Å²) in [6.07, 6.45) is 1.17. The smallest absolute Gasteiger partial charge is 0.258 e. The van der Waals surface area contributed by atoms with Crippen molar-refractivity contribution in [3.63, 3.8) is 0 Å². The van der Waals surface area contributed by atoms with E-state index in [1.807, 2.05) is 0 Å². The van der Waals surface area contributed by atoms with E-state index in [9.17, 15) is 14.3 Å². The van der Waals surface area contributed by atoms with Crippen molar-refractivity contribution >= 4 is 5.91 Å². The number of aliphatic hydroxyl groups is 1. The highest BCUT2D eigenvalue weighted by Gasteiger charge is 2.23. The molecule has 1 aromatic rings. The van der Waals surface area contributed by atoms with Crippen LogP contribution in [0, 0.1) is 5.82 Å². The second kappa shape index (κ2) is 5.35. The van der Waals surface area contributed by atoms with Gasteiger partial charge >= 0.3 is 0 Å². The molecule has 0 bridgehead atoms. The van der Waals surface area contributed by atoms with E-state index in [-0.39, 0.29) is 29.9 Å². The molecule has 2 N–H and O–H groups in total. The lowest BCUT2D eigenvalue weighted by molar-refractivity contribution is -0.123. The molecule has 0 spiro atoms. The predicted octanol–water partition coefficient (Wildman–Crippen LogP) is 1.54. The molecule has 0 aromatic heterocycles. The fraction of sp³-hybridized carbons (Fsp3) is 0.462. The lowest BCUT2D eigenvalue weighted by Gasteiger charge is -2.10. The van der Waals surface area contributed by atoms with Crippen LogP contribution >= 0.6 is 0 Å². The zero-order valence-corrected chi connectivity index (χ0v) is 10.1. The van der Waals surface area contributed by atoms with Crippen LogP contribution in [0.5, 0.6) is 5.75 Å². The first kappa shape index (κ1) is 12.8. The molecule has 0 saturated heterocycles. The van der Waals surface area contributed by atoms with Gasteiger partial charge in [0.2, 0.25) is 0 Å². The van der Waals surface area contributed by atoms with E-state index in [0.717, 1.165) is 12.8 Å². The normalized spacial score (nSPS) is 16.2. The van der Waals surface area contributed by atoms with Gasteiger partial charge in [-0.3, -0.25) is 4.79 Å². The Morgan fingerprint density at radius 3 is 2.89 bits per heavy atom. The summed E-state index contributed by atoms with van der Waals surface area (Å²) in [6, 6.07) is 4.45. The Balaban J connectivity index is 1.88. The molecule has 1 aliphatic rings. The van der Waals surface area contributed by atoms with E-state index in [1.165, 1.54) is 25.1 Å². The van der Waals surface area contributed by atoms with Crippen LogP contribution in [-0.4, -0.2) is 23.7 Å². The summed E-state index contributed by atoms with van der Waals surface area (Å²) >= 11 is 0. The summed E-state index contributed by atoms with van der Waals surface area (Å²) in [7, 11) is 0. The standard InChI is InChI=1S/C13H16FNO3/c1-8(16)11-5-4-10(6-12(11)14)18-7-13(17)15-9-2-3-9/h4-6,8-9,16H,2-3,7H2,1H3,(H,15,17). The van der Waals surface area contributed by atoms with Crippen LogP contribution < -0.4 is 10.1 Å². The third-order valence-electron chi connectivity index (χ3n) is 2.73. The van der Waals surface area contributed by atoms with Crippen molar-refractivity contribution in [3.8, 4) is 5.75 Å². The molecular weight excluding hydrogens is 237 g/mol. The maximum atomic E-state index is 13.5. The number of hydrogen-bond acceptors (Lipinski definition) is 3. The van der Waals surface area contributed by atoms with Crippen molar-refractivity contribution in [1.29, 1.82) is 0 Å². The van der Waals surface area contributed by atoms with Crippen molar-refractivity contribution in [2.45, 2.75) is 31.9 Å². The van der Waals surface area contributed by atoms with Crippen molar-refractivity contribution in [3.05, 3.63) is 29.6 Å². The minimum absolute atomic E-state index is 0.121. The summed E-state index contributed by atoms with van der Waals surface area (Å²) in [4.78, 5) is 11.4. The van der Waals surface area contributed by atoms with Gasteiger partial charge in [-0.05, 0) is 31.9 Å². The average Bonchev–Trinajstić information content (AvgIpc) is 3.10. The fourth-order valence-electron chi connectivity index (χ4n) is 1.58. The number of nitrogens with one attached hydrogen (secondary N) is 1. The first-order valence-corrected chi connectivity index (χ1v) is 5.96. The molecule has 1 amide bonds. The lowest BCUT2D eigenvalue weighted by Crippen LogP contribution is -2.30. The Morgan fingerprint density at radius 2 is 2.33 bits per heavy atom. The minimum atomic E-state index is -0.864. The van der Waals surface area contributed by atoms with Crippen molar-refractivity contribution in [2.75, 3.05) is 6.61 Å². The van der Waals surface area contributed by atoms with Crippen LogP contribution in [0.25, 0.3) is 0 Å². The van der Waals surface area contributed by atoms with Crippen molar-refractivity contribution in [2.24, 2.45) is 0 Å². The number of amides is 1. The average molecular weight is 253 g/mol. The maximum Gasteiger partial charge on any atom is 0.258 e. The molecule has 2 rings (SSSR count). The summed E-state index contributed by atoms with van der Waals surface area (Å²) in [5.74, 6) is -0.453. The highest BCUT2D eigenvalue weighted by atomic mass is 19.1. The van der Waals surface area contributed by atoms with E-state index in [2.05, 4.69) is 5.32 Å². The SMILES string of the molecule is CC(O)c1ccc(OCC(=O)NC2CC2)cc1F. The molecule has 0 heterocycles. The number of ether oxygens (including phenoxy) is 1. The molecule has 98 valence electrons. The zero-order valence-electron chi connectivity index (χ0n) is 10.1. The maximum absolute atomic E-state index is 13.5. The first-order valence-electron chi connectivity index (χ1n) is 5.96. The van der Waals surface area contributed by atoms with Gasteiger partial charge in [0.15, 0.2) is 6.61 Å². The number of halogens is 1. The van der Waals surface area contributed by atoms with Gasteiger partial charge in [0, 0.05) is 17.7 Å². The Labute approximate surface area is 105 Å². The van der Waals surface area contributed by atoms with Gasteiger partial charge in [-0.25, -0.2) is 4.39 Å². The van der Waals surface area contributed by atoms with Gasteiger partial charge in [0.05, 0.1) is 6.10 Å². The Bertz CT molecular complexity index is 444. The van der Waals surface area contributed by atoms with Crippen LogP contribution in [0.15, 0.2) is 18.2 Å². The molecular formula is C13H16FNO3. The van der Waals surface area contributed by atoms with Crippen LogP contribution in [-0.2, 0) is 4.79 Å². The minimum Gasteiger partial charge on any atom is -0.484 e. The summed E-state index contributed by atoms with van der Waals surface area (Å²) in [5.41, 5.74) is 0.213. The zero-order chi connectivity index (χ0) is 13.1. The number of hydrogen-bond donors (Lipinski definition) is 2. The van der Waals surface area contributed by atoms with Gasteiger partial charge in [-0.15, -0.1) is 0 Å². The monoisotopic (exact) mass is 253 g/mol. The Morgan fingerprint density at radius 1 is 1.61 bits per heavy atom. The molecule has 1 unspecified atom stereocenters. The van der Waals surface area contributed by atoms with E-state index in [4.69, 9.17) is 4.74 Å². The third-order valence-corrected chi connectivity index (χ3v) is 2.73. The van der Waals surface area contributed by atoms with Gasteiger partial charge in [-0.2, -0.15) is 0 Å². The molecule has 4 nitrogen and oxygen atoms in total. The van der Waals surface area contributed by atoms with E-state index in [0.29, 0.717) is 0 Å². The first-order chi connectivity index (χ1) is 8.56. The van der Waals surface area contributed by atoms with Gasteiger partial charge in [-0.1, -0.05) is 0 Å². The van der Waals surface area contributed by atoms with Gasteiger partial charge in [0.25, 0.3) is 5.91 Å². The number of benzene rings is 1. The molecule has 18 heavy (non-hydrogen) atoms. The number of aliphatic hydroxyl groups excluding tert-OH is 1. The van der Waals surface area contributed by atoms with Crippen molar-refractivity contribution < 1.29 is 19.0 Å². The quantitative estimate of drug-likeness (QED) is 0.836. The second-order valence-corrected chi connectivity index (χ2v) is 4.49. The molecule has 1 atom stereocenters. The Kier molecular flexibility index (Phi) is 3.81. The molecule has 1 fully saturated rings. The second-order valence-electron chi connectivity index (χ2n) is 4.49. The predicted molar refractivity (Wildman–Crippen MR) is 63.7 cm³/mol. The van der Waals surface area contributed by atoms with Crippen LogP contribution in [0.3, 0.4) is 0 Å². The summed E-state index contributed by atoms with van der Waals surface area (Å²) < 4.78 is 18.7. The van der Waals surface area contributed by atoms with E-state index < -0.39 is 11.9 Å². The van der Waals surface area contributed by atoms with E-state index in [1.54, 1.807) is 0 Å².